The van der Waals surface area contributed by atoms with Gasteiger partial charge in [-0.15, -0.1) is 0 Å². The highest BCUT2D eigenvalue weighted by Crippen LogP contribution is 2.38. The van der Waals surface area contributed by atoms with Gasteiger partial charge in [0.05, 0.1) is 5.54 Å². The fourth-order valence-electron chi connectivity index (χ4n) is 3.42. The fourth-order valence-corrected chi connectivity index (χ4v) is 3.42. The lowest BCUT2D eigenvalue weighted by Crippen LogP contribution is -2.55. The minimum Gasteiger partial charge on any atom is -0.444 e. The molecule has 0 heterocycles. The molecule has 2 atom stereocenters. The Hall–Kier alpha value is -0.770. The maximum Gasteiger partial charge on any atom is 0.408 e. The van der Waals surface area contributed by atoms with Gasteiger partial charge in [-0.05, 0) is 58.8 Å². The van der Waals surface area contributed by atoms with Crippen LogP contribution in [0.2, 0.25) is 0 Å². The summed E-state index contributed by atoms with van der Waals surface area (Å²) in [5.41, 5.74) is -0.475. The van der Waals surface area contributed by atoms with E-state index in [2.05, 4.69) is 31.4 Å². The molecule has 0 bridgehead atoms. The van der Waals surface area contributed by atoms with E-state index in [1.54, 1.807) is 0 Å². The first-order valence-electron chi connectivity index (χ1n) is 9.05. The van der Waals surface area contributed by atoms with Gasteiger partial charge in [0.25, 0.3) is 0 Å². The summed E-state index contributed by atoms with van der Waals surface area (Å²) in [4.78, 5) is 12.0. The topological polar surface area (TPSA) is 50.4 Å². The molecule has 1 saturated carbocycles. The molecular formula is C19H38N2O2. The Morgan fingerprint density at radius 3 is 2.09 bits per heavy atom. The van der Waals surface area contributed by atoms with Gasteiger partial charge in [-0.2, -0.15) is 0 Å². The van der Waals surface area contributed by atoms with Crippen LogP contribution < -0.4 is 10.6 Å². The first kappa shape index (κ1) is 20.3. The highest BCUT2D eigenvalue weighted by atomic mass is 16.6. The highest BCUT2D eigenvalue weighted by molar-refractivity contribution is 5.68. The van der Waals surface area contributed by atoms with Gasteiger partial charge in [0.1, 0.15) is 5.60 Å². The molecule has 0 aliphatic heterocycles. The molecule has 0 radical (unpaired) electrons. The van der Waals surface area contributed by atoms with Crippen LogP contribution in [0.3, 0.4) is 0 Å². The number of rotatable bonds is 4. The zero-order valence-electron chi connectivity index (χ0n) is 16.5. The van der Waals surface area contributed by atoms with Crippen LogP contribution in [0.25, 0.3) is 0 Å². The fraction of sp³-hybridized carbons (Fsp3) is 0.947. The average molecular weight is 327 g/mol. The third-order valence-corrected chi connectivity index (χ3v) is 4.52. The van der Waals surface area contributed by atoms with Crippen molar-refractivity contribution in [2.24, 2.45) is 11.3 Å². The third-order valence-electron chi connectivity index (χ3n) is 4.52. The first-order valence-corrected chi connectivity index (χ1v) is 9.05. The van der Waals surface area contributed by atoms with Crippen molar-refractivity contribution < 1.29 is 9.53 Å². The zero-order valence-corrected chi connectivity index (χ0v) is 16.5. The van der Waals surface area contributed by atoms with E-state index in [0.717, 1.165) is 6.54 Å². The summed E-state index contributed by atoms with van der Waals surface area (Å²) in [7, 11) is 0. The second-order valence-corrected chi connectivity index (χ2v) is 9.76. The number of hydrogen-bond donors (Lipinski definition) is 2. The highest BCUT2D eigenvalue weighted by Gasteiger charge is 2.35. The lowest BCUT2D eigenvalue weighted by molar-refractivity contribution is 0.0463. The molecule has 0 saturated heterocycles. The summed E-state index contributed by atoms with van der Waals surface area (Å²) in [6.07, 6.45) is 4.80. The number of alkyl carbamates (subject to hydrolysis) is 1. The standard InChI is InChI=1S/C19H38N2O2/c1-17(2,3)14-11-9-10-12-15(14)20-13-19(7,8)21-16(22)23-18(4,5)6/h14-15,20H,9-13H2,1-8H3,(H,21,22). The quantitative estimate of drug-likeness (QED) is 0.800. The number of ether oxygens (including phenoxy) is 1. The van der Waals surface area contributed by atoms with E-state index >= 15 is 0 Å². The predicted octanol–water partition coefficient (Wildman–Crippen LogP) is 4.48. The second-order valence-electron chi connectivity index (χ2n) is 9.76. The van der Waals surface area contributed by atoms with Crippen molar-refractivity contribution in [2.45, 2.75) is 98.3 Å². The monoisotopic (exact) mass is 326 g/mol. The Bertz CT molecular complexity index is 391. The molecule has 0 aromatic carbocycles. The minimum absolute atomic E-state index is 0.320. The van der Waals surface area contributed by atoms with E-state index in [-0.39, 0.29) is 11.6 Å². The Balaban J connectivity index is 2.55. The normalized spacial score (nSPS) is 23.5. The van der Waals surface area contributed by atoms with E-state index in [0.29, 0.717) is 17.4 Å². The van der Waals surface area contributed by atoms with Crippen LogP contribution in [-0.2, 0) is 4.74 Å². The van der Waals surface area contributed by atoms with Gasteiger partial charge < -0.3 is 15.4 Å². The van der Waals surface area contributed by atoms with Gasteiger partial charge >= 0.3 is 6.09 Å². The van der Waals surface area contributed by atoms with E-state index in [1.165, 1.54) is 25.7 Å². The number of carbonyl (C=O) groups excluding carboxylic acids is 1. The molecule has 4 heteroatoms. The van der Waals surface area contributed by atoms with Crippen LogP contribution in [0.15, 0.2) is 0 Å². The van der Waals surface area contributed by atoms with Crippen LogP contribution in [0.5, 0.6) is 0 Å². The van der Waals surface area contributed by atoms with Gasteiger partial charge in [0.15, 0.2) is 0 Å². The lowest BCUT2D eigenvalue weighted by Gasteiger charge is -2.42. The minimum atomic E-state index is -0.464. The maximum absolute atomic E-state index is 12.0. The summed E-state index contributed by atoms with van der Waals surface area (Å²) in [6.45, 7) is 17.5. The van der Waals surface area contributed by atoms with Crippen LogP contribution >= 0.6 is 0 Å². The molecule has 2 N–H and O–H groups in total. The van der Waals surface area contributed by atoms with Gasteiger partial charge in [-0.25, -0.2) is 4.79 Å². The molecule has 0 aromatic heterocycles. The van der Waals surface area contributed by atoms with Crippen molar-refractivity contribution in [1.82, 2.24) is 10.6 Å². The van der Waals surface area contributed by atoms with Gasteiger partial charge in [0, 0.05) is 12.6 Å². The van der Waals surface area contributed by atoms with Crippen molar-refractivity contribution >= 4 is 6.09 Å². The van der Waals surface area contributed by atoms with Crippen LogP contribution in [0.4, 0.5) is 4.79 Å². The molecule has 0 aromatic rings. The van der Waals surface area contributed by atoms with E-state index in [4.69, 9.17) is 4.74 Å². The lowest BCUT2D eigenvalue weighted by atomic mass is 9.69. The Morgan fingerprint density at radius 1 is 1.00 bits per heavy atom. The number of nitrogens with one attached hydrogen (secondary N) is 2. The summed E-state index contributed by atoms with van der Waals surface area (Å²) < 4.78 is 5.36. The maximum atomic E-state index is 12.0. The van der Waals surface area contributed by atoms with Crippen LogP contribution in [-0.4, -0.2) is 29.8 Å². The molecule has 0 spiro atoms. The number of carbonyl (C=O) groups is 1. The van der Waals surface area contributed by atoms with Gasteiger partial charge in [0.2, 0.25) is 0 Å². The molecule has 1 aliphatic rings. The van der Waals surface area contributed by atoms with Crippen molar-refractivity contribution in [2.75, 3.05) is 6.54 Å². The Morgan fingerprint density at radius 2 is 1.57 bits per heavy atom. The molecular weight excluding hydrogens is 288 g/mol. The summed E-state index contributed by atoms with van der Waals surface area (Å²) in [5.74, 6) is 0.688. The van der Waals surface area contributed by atoms with Gasteiger partial charge in [-0.3, -0.25) is 0 Å². The number of amides is 1. The van der Waals surface area contributed by atoms with Crippen molar-refractivity contribution in [3.05, 3.63) is 0 Å². The Kier molecular flexibility index (Phi) is 6.54. The molecule has 1 amide bonds. The Labute approximate surface area is 143 Å². The smallest absolute Gasteiger partial charge is 0.408 e. The average Bonchev–Trinajstić information content (AvgIpc) is 2.32. The first-order chi connectivity index (χ1) is 10.3. The van der Waals surface area contributed by atoms with Crippen LogP contribution in [0.1, 0.15) is 81.1 Å². The largest absolute Gasteiger partial charge is 0.444 e. The van der Waals surface area contributed by atoms with E-state index < -0.39 is 5.60 Å². The zero-order chi connectivity index (χ0) is 17.9. The summed E-state index contributed by atoms with van der Waals surface area (Å²) in [6, 6.07) is 0.531. The van der Waals surface area contributed by atoms with Crippen molar-refractivity contribution in [3.8, 4) is 0 Å². The molecule has 4 nitrogen and oxygen atoms in total. The SMILES string of the molecule is CC(C)(CNC1CCCCC1C(C)(C)C)NC(=O)OC(C)(C)C. The predicted molar refractivity (Wildman–Crippen MR) is 96.7 cm³/mol. The number of hydrogen-bond acceptors (Lipinski definition) is 3. The summed E-state index contributed by atoms with van der Waals surface area (Å²) >= 11 is 0. The molecule has 1 fully saturated rings. The molecule has 1 rings (SSSR count). The van der Waals surface area contributed by atoms with E-state index in [9.17, 15) is 4.79 Å². The molecule has 23 heavy (non-hydrogen) atoms. The van der Waals surface area contributed by atoms with Crippen LogP contribution in [0, 0.1) is 11.3 Å². The van der Waals surface area contributed by atoms with Gasteiger partial charge in [-0.1, -0.05) is 33.6 Å². The van der Waals surface area contributed by atoms with Crippen molar-refractivity contribution in [1.29, 1.82) is 0 Å². The van der Waals surface area contributed by atoms with Crippen molar-refractivity contribution in [3.63, 3.8) is 0 Å². The molecule has 136 valence electrons. The summed E-state index contributed by atoms with van der Waals surface area (Å²) in [5, 5.41) is 6.70. The second kappa shape index (κ2) is 7.42. The third kappa shape index (κ3) is 7.56. The molecule has 2 unspecified atom stereocenters. The molecule has 1 aliphatic carbocycles. The van der Waals surface area contributed by atoms with E-state index in [1.807, 2.05) is 34.6 Å².